The Bertz CT molecular complexity index is 506. The molecule has 0 unspecified atom stereocenters. The summed E-state index contributed by atoms with van der Waals surface area (Å²) in [7, 11) is 7.03. The standard InChI is InChI=1S/C19H37N5O3.HI/c1-6-27-13-9-12-20-18(21-14-16(25)23(2)3)22-15-19(10-7-8-11-19)17(26)24(4)5;/h6-15H2,1-5H3,(H2,20,21,22);1H. The van der Waals surface area contributed by atoms with Gasteiger partial charge in [0.05, 0.1) is 5.41 Å². The molecule has 28 heavy (non-hydrogen) atoms. The first-order valence-corrected chi connectivity index (χ1v) is 9.84. The van der Waals surface area contributed by atoms with Crippen LogP contribution in [0.3, 0.4) is 0 Å². The van der Waals surface area contributed by atoms with Gasteiger partial charge >= 0.3 is 0 Å². The third kappa shape index (κ3) is 8.93. The molecule has 164 valence electrons. The van der Waals surface area contributed by atoms with Crippen LogP contribution in [0.1, 0.15) is 39.0 Å². The molecule has 2 amide bonds. The molecule has 8 nitrogen and oxygen atoms in total. The van der Waals surface area contributed by atoms with E-state index in [0.717, 1.165) is 32.1 Å². The molecule has 1 fully saturated rings. The number of ether oxygens (including phenoxy) is 1. The zero-order valence-corrected chi connectivity index (χ0v) is 20.4. The smallest absolute Gasteiger partial charge is 0.243 e. The monoisotopic (exact) mass is 511 g/mol. The Morgan fingerprint density at radius 1 is 1.07 bits per heavy atom. The molecular weight excluding hydrogens is 473 g/mol. The molecule has 2 N–H and O–H groups in total. The lowest BCUT2D eigenvalue weighted by atomic mass is 9.84. The molecule has 0 aromatic carbocycles. The molecule has 1 aliphatic rings. The highest BCUT2D eigenvalue weighted by atomic mass is 127. The van der Waals surface area contributed by atoms with Crippen LogP contribution in [0.25, 0.3) is 0 Å². The van der Waals surface area contributed by atoms with Gasteiger partial charge in [-0.25, -0.2) is 4.99 Å². The van der Waals surface area contributed by atoms with Crippen LogP contribution in [0.4, 0.5) is 0 Å². The van der Waals surface area contributed by atoms with E-state index in [1.165, 1.54) is 4.90 Å². The van der Waals surface area contributed by atoms with E-state index in [2.05, 4.69) is 15.6 Å². The molecule has 0 aromatic rings. The molecule has 0 heterocycles. The molecular formula is C19H38IN5O3. The second-order valence-corrected chi connectivity index (χ2v) is 7.47. The van der Waals surface area contributed by atoms with Gasteiger partial charge < -0.3 is 25.2 Å². The zero-order chi connectivity index (χ0) is 20.3. The highest BCUT2D eigenvalue weighted by Gasteiger charge is 2.42. The highest BCUT2D eigenvalue weighted by molar-refractivity contribution is 14.0. The third-order valence-corrected chi connectivity index (χ3v) is 4.85. The molecule has 0 aliphatic heterocycles. The van der Waals surface area contributed by atoms with Gasteiger partial charge in [-0.1, -0.05) is 12.8 Å². The molecule has 0 aromatic heterocycles. The predicted molar refractivity (Wildman–Crippen MR) is 123 cm³/mol. The minimum atomic E-state index is -0.386. The van der Waals surface area contributed by atoms with Crippen molar-refractivity contribution in [1.82, 2.24) is 20.4 Å². The van der Waals surface area contributed by atoms with Crippen molar-refractivity contribution in [3.05, 3.63) is 0 Å². The van der Waals surface area contributed by atoms with E-state index in [0.29, 0.717) is 32.3 Å². The average molecular weight is 511 g/mol. The van der Waals surface area contributed by atoms with Crippen molar-refractivity contribution < 1.29 is 14.3 Å². The number of likely N-dealkylation sites (N-methyl/N-ethyl adjacent to an activating group) is 1. The summed E-state index contributed by atoms with van der Waals surface area (Å²) in [5.41, 5.74) is -0.386. The van der Waals surface area contributed by atoms with E-state index < -0.39 is 0 Å². The predicted octanol–water partition coefficient (Wildman–Crippen LogP) is 1.30. The van der Waals surface area contributed by atoms with E-state index in [4.69, 9.17) is 4.74 Å². The Kier molecular flexibility index (Phi) is 13.4. The van der Waals surface area contributed by atoms with Crippen LogP contribution in [-0.2, 0) is 14.3 Å². The van der Waals surface area contributed by atoms with Crippen LogP contribution in [0, 0.1) is 5.41 Å². The Balaban J connectivity index is 0.00000729. The van der Waals surface area contributed by atoms with Gasteiger partial charge in [-0.05, 0) is 26.2 Å². The topological polar surface area (TPSA) is 86.3 Å². The Morgan fingerprint density at radius 2 is 1.71 bits per heavy atom. The Labute approximate surface area is 186 Å². The summed E-state index contributed by atoms with van der Waals surface area (Å²) in [6.07, 6.45) is 4.73. The number of hydrogen-bond acceptors (Lipinski definition) is 4. The van der Waals surface area contributed by atoms with Gasteiger partial charge in [0.25, 0.3) is 0 Å². The number of rotatable bonds is 10. The van der Waals surface area contributed by atoms with Crippen molar-refractivity contribution in [3.63, 3.8) is 0 Å². The molecule has 1 saturated carbocycles. The summed E-state index contributed by atoms with van der Waals surface area (Å²) < 4.78 is 5.35. The second-order valence-electron chi connectivity index (χ2n) is 7.47. The van der Waals surface area contributed by atoms with Gasteiger partial charge in [0.1, 0.15) is 6.54 Å². The van der Waals surface area contributed by atoms with Gasteiger partial charge in [0.2, 0.25) is 11.8 Å². The number of nitrogens with zero attached hydrogens (tertiary/aromatic N) is 3. The maximum atomic E-state index is 12.7. The molecule has 0 atom stereocenters. The fraction of sp³-hybridized carbons (Fsp3) is 0.842. The van der Waals surface area contributed by atoms with Crippen LogP contribution in [-0.4, -0.2) is 88.6 Å². The number of hydrogen-bond donors (Lipinski definition) is 2. The van der Waals surface area contributed by atoms with Gasteiger partial charge in [0, 0.05) is 54.5 Å². The molecule has 0 saturated heterocycles. The summed E-state index contributed by atoms with van der Waals surface area (Å²) in [6, 6.07) is 0. The van der Waals surface area contributed by atoms with Gasteiger partial charge in [-0.3, -0.25) is 9.59 Å². The number of amides is 2. The van der Waals surface area contributed by atoms with Crippen LogP contribution in [0.5, 0.6) is 0 Å². The van der Waals surface area contributed by atoms with Crippen LogP contribution in [0.15, 0.2) is 4.99 Å². The molecule has 0 bridgehead atoms. The summed E-state index contributed by atoms with van der Waals surface area (Å²) in [4.78, 5) is 32.2. The number of carbonyl (C=O) groups is 2. The summed E-state index contributed by atoms with van der Waals surface area (Å²) >= 11 is 0. The lowest BCUT2D eigenvalue weighted by molar-refractivity contribution is -0.138. The first-order valence-electron chi connectivity index (χ1n) is 9.84. The van der Waals surface area contributed by atoms with E-state index in [-0.39, 0.29) is 47.8 Å². The lowest BCUT2D eigenvalue weighted by Gasteiger charge is -2.31. The van der Waals surface area contributed by atoms with Crippen molar-refractivity contribution in [2.45, 2.75) is 39.0 Å². The van der Waals surface area contributed by atoms with Crippen molar-refractivity contribution in [2.24, 2.45) is 10.4 Å². The van der Waals surface area contributed by atoms with Crippen molar-refractivity contribution in [3.8, 4) is 0 Å². The van der Waals surface area contributed by atoms with Gasteiger partial charge in [-0.15, -0.1) is 24.0 Å². The molecule has 0 radical (unpaired) electrons. The van der Waals surface area contributed by atoms with Crippen molar-refractivity contribution in [1.29, 1.82) is 0 Å². The maximum Gasteiger partial charge on any atom is 0.243 e. The number of guanidine groups is 1. The van der Waals surface area contributed by atoms with E-state index in [9.17, 15) is 9.59 Å². The maximum absolute atomic E-state index is 12.7. The summed E-state index contributed by atoms with van der Waals surface area (Å²) in [6.45, 7) is 4.64. The van der Waals surface area contributed by atoms with Crippen LogP contribution >= 0.6 is 24.0 Å². The van der Waals surface area contributed by atoms with Crippen LogP contribution < -0.4 is 10.6 Å². The van der Waals surface area contributed by atoms with Crippen molar-refractivity contribution in [2.75, 3.05) is 61.0 Å². The largest absolute Gasteiger partial charge is 0.382 e. The van der Waals surface area contributed by atoms with Gasteiger partial charge in [-0.2, -0.15) is 0 Å². The third-order valence-electron chi connectivity index (χ3n) is 4.85. The highest BCUT2D eigenvalue weighted by Crippen LogP contribution is 2.38. The normalized spacial score (nSPS) is 15.5. The molecule has 1 rings (SSSR count). The minimum Gasteiger partial charge on any atom is -0.382 e. The van der Waals surface area contributed by atoms with E-state index in [1.807, 2.05) is 6.92 Å². The zero-order valence-electron chi connectivity index (χ0n) is 18.0. The fourth-order valence-electron chi connectivity index (χ4n) is 3.23. The average Bonchev–Trinajstić information content (AvgIpc) is 3.11. The number of nitrogens with one attached hydrogen (secondary N) is 2. The first-order chi connectivity index (χ1) is 12.8. The number of aliphatic imine (C=N–C) groups is 1. The van der Waals surface area contributed by atoms with Crippen LogP contribution in [0.2, 0.25) is 0 Å². The van der Waals surface area contributed by atoms with Gasteiger partial charge in [0.15, 0.2) is 5.96 Å². The van der Waals surface area contributed by atoms with E-state index in [1.54, 1.807) is 33.1 Å². The SMILES string of the molecule is CCOCCCNC(=NCC(=O)N(C)C)NCC1(C(=O)N(C)C)CCCC1.I. The molecule has 0 spiro atoms. The number of carbonyl (C=O) groups excluding carboxylic acids is 2. The first kappa shape index (κ1) is 26.9. The summed E-state index contributed by atoms with van der Waals surface area (Å²) in [5, 5.41) is 6.55. The Morgan fingerprint density at radius 3 is 2.25 bits per heavy atom. The lowest BCUT2D eigenvalue weighted by Crippen LogP contribution is -2.49. The number of halogens is 1. The van der Waals surface area contributed by atoms with Crippen molar-refractivity contribution >= 4 is 41.8 Å². The molecule has 9 heteroatoms. The summed E-state index contributed by atoms with van der Waals surface area (Å²) in [5.74, 6) is 0.664. The Hall–Kier alpha value is -1.10. The second kappa shape index (κ2) is 14.0. The van der Waals surface area contributed by atoms with E-state index >= 15 is 0 Å². The fourth-order valence-corrected chi connectivity index (χ4v) is 3.23. The molecule has 1 aliphatic carbocycles. The quantitative estimate of drug-likeness (QED) is 0.200. The minimum absolute atomic E-state index is 0.